The topological polar surface area (TPSA) is 49.7 Å². The number of fused-ring (bicyclic) bond motifs is 1. The summed E-state index contributed by atoms with van der Waals surface area (Å²) in [7, 11) is -1.48. The van der Waals surface area contributed by atoms with Crippen LogP contribution in [0.15, 0.2) is 60.2 Å². The van der Waals surface area contributed by atoms with Gasteiger partial charge in [-0.2, -0.15) is 0 Å². The van der Waals surface area contributed by atoms with E-state index in [1.165, 1.54) is 5.57 Å². The molecule has 0 atom stereocenters. The maximum atomic E-state index is 9.44. The highest BCUT2D eigenvalue weighted by Gasteiger charge is 2.15. The van der Waals surface area contributed by atoms with Crippen molar-refractivity contribution in [2.75, 3.05) is 6.61 Å². The number of benzene rings is 2. The average Bonchev–Trinajstić information content (AvgIpc) is 2.53. The third-order valence-electron chi connectivity index (χ3n) is 3.71. The minimum absolute atomic E-state index is 0.498. The van der Waals surface area contributed by atoms with E-state index in [9.17, 15) is 10.0 Å². The molecule has 0 spiro atoms. The van der Waals surface area contributed by atoms with Gasteiger partial charge in [0.25, 0.3) is 0 Å². The van der Waals surface area contributed by atoms with Crippen LogP contribution >= 0.6 is 0 Å². The standard InChI is InChI=1S/C17H17BO3/c19-18(20)16-10-4-9-15-14(16)8-5-11-17(15)21-12-13-6-2-1-3-7-13/h1-2,4-6,8-11,19-20H,3,7,12H2. The Balaban J connectivity index is 1.90. The molecule has 0 heterocycles. The number of hydrogen-bond acceptors (Lipinski definition) is 3. The normalized spacial score (nSPS) is 14.1. The zero-order chi connectivity index (χ0) is 14.7. The summed E-state index contributed by atoms with van der Waals surface area (Å²) in [6.45, 7) is 0.565. The minimum atomic E-state index is -1.48. The van der Waals surface area contributed by atoms with Crippen LogP contribution in [-0.4, -0.2) is 23.8 Å². The Morgan fingerprint density at radius 3 is 2.62 bits per heavy atom. The van der Waals surface area contributed by atoms with E-state index < -0.39 is 7.12 Å². The number of allylic oxidation sites excluding steroid dienone is 3. The van der Waals surface area contributed by atoms with Crippen LogP contribution in [-0.2, 0) is 0 Å². The molecular formula is C17H17BO3. The first-order chi connectivity index (χ1) is 10.3. The number of rotatable bonds is 4. The Bertz CT molecular complexity index is 704. The van der Waals surface area contributed by atoms with Crippen molar-refractivity contribution in [3.8, 4) is 5.75 Å². The van der Waals surface area contributed by atoms with Crippen LogP contribution in [0.4, 0.5) is 0 Å². The van der Waals surface area contributed by atoms with E-state index in [0.717, 1.165) is 29.4 Å². The second-order valence-electron chi connectivity index (χ2n) is 5.15. The van der Waals surface area contributed by atoms with Crippen LogP contribution in [0.3, 0.4) is 0 Å². The van der Waals surface area contributed by atoms with E-state index in [1.54, 1.807) is 6.07 Å². The molecule has 0 radical (unpaired) electrons. The molecule has 106 valence electrons. The molecule has 0 aliphatic heterocycles. The van der Waals surface area contributed by atoms with Crippen molar-refractivity contribution in [3.63, 3.8) is 0 Å². The van der Waals surface area contributed by atoms with Crippen LogP contribution in [0, 0.1) is 0 Å². The molecule has 0 saturated heterocycles. The lowest BCUT2D eigenvalue weighted by Gasteiger charge is -2.14. The first kappa shape index (κ1) is 13.9. The summed E-state index contributed by atoms with van der Waals surface area (Å²) in [6.07, 6.45) is 8.40. The average molecular weight is 280 g/mol. The molecule has 0 amide bonds. The number of hydrogen-bond donors (Lipinski definition) is 2. The molecule has 2 N–H and O–H groups in total. The highest BCUT2D eigenvalue weighted by atomic mass is 16.5. The highest BCUT2D eigenvalue weighted by molar-refractivity contribution is 6.62. The van der Waals surface area contributed by atoms with Gasteiger partial charge < -0.3 is 14.8 Å². The summed E-state index contributed by atoms with van der Waals surface area (Å²) in [5, 5.41) is 20.6. The van der Waals surface area contributed by atoms with Crippen LogP contribution in [0.25, 0.3) is 10.8 Å². The Morgan fingerprint density at radius 1 is 1.05 bits per heavy atom. The molecule has 1 aliphatic carbocycles. The second-order valence-corrected chi connectivity index (χ2v) is 5.15. The SMILES string of the molecule is OB(O)c1cccc2c(OCC3=CC=CCC3)cccc12. The van der Waals surface area contributed by atoms with Gasteiger partial charge in [-0.05, 0) is 35.3 Å². The van der Waals surface area contributed by atoms with Crippen LogP contribution in [0.5, 0.6) is 5.75 Å². The third-order valence-corrected chi connectivity index (χ3v) is 3.71. The van der Waals surface area contributed by atoms with Gasteiger partial charge in [-0.25, -0.2) is 0 Å². The van der Waals surface area contributed by atoms with Crippen molar-refractivity contribution in [2.45, 2.75) is 12.8 Å². The van der Waals surface area contributed by atoms with Crippen molar-refractivity contribution in [1.29, 1.82) is 0 Å². The maximum absolute atomic E-state index is 9.44. The molecule has 0 fully saturated rings. The molecule has 3 rings (SSSR count). The highest BCUT2D eigenvalue weighted by Crippen LogP contribution is 2.25. The van der Waals surface area contributed by atoms with Gasteiger partial charge in [-0.15, -0.1) is 0 Å². The summed E-state index contributed by atoms with van der Waals surface area (Å²) < 4.78 is 5.93. The molecule has 0 aromatic heterocycles. The summed E-state index contributed by atoms with van der Waals surface area (Å²) in [4.78, 5) is 0. The molecule has 3 nitrogen and oxygen atoms in total. The number of ether oxygens (including phenoxy) is 1. The zero-order valence-corrected chi connectivity index (χ0v) is 11.7. The molecule has 2 aromatic rings. The van der Waals surface area contributed by atoms with Crippen LogP contribution in [0.1, 0.15) is 12.8 Å². The smallest absolute Gasteiger partial charge is 0.489 e. The maximum Gasteiger partial charge on any atom is 0.489 e. The fourth-order valence-corrected chi connectivity index (χ4v) is 2.60. The largest absolute Gasteiger partial charge is 0.489 e. The summed E-state index contributed by atoms with van der Waals surface area (Å²) in [6, 6.07) is 11.1. The second kappa shape index (κ2) is 6.16. The summed E-state index contributed by atoms with van der Waals surface area (Å²) in [5.74, 6) is 0.769. The van der Waals surface area contributed by atoms with E-state index in [2.05, 4.69) is 18.2 Å². The van der Waals surface area contributed by atoms with Gasteiger partial charge in [-0.1, -0.05) is 48.6 Å². The van der Waals surface area contributed by atoms with Gasteiger partial charge in [0.15, 0.2) is 0 Å². The molecule has 0 bridgehead atoms. The van der Waals surface area contributed by atoms with Gasteiger partial charge >= 0.3 is 7.12 Å². The van der Waals surface area contributed by atoms with E-state index in [4.69, 9.17) is 4.74 Å². The van der Waals surface area contributed by atoms with Crippen LogP contribution in [0.2, 0.25) is 0 Å². The van der Waals surface area contributed by atoms with Gasteiger partial charge in [0, 0.05) is 5.39 Å². The quantitative estimate of drug-likeness (QED) is 0.844. The van der Waals surface area contributed by atoms with Gasteiger partial charge in [-0.3, -0.25) is 0 Å². The van der Waals surface area contributed by atoms with Crippen molar-refractivity contribution in [1.82, 2.24) is 0 Å². The Labute approximate surface area is 124 Å². The fraction of sp³-hybridized carbons (Fsp3) is 0.176. The Kier molecular flexibility index (Phi) is 4.09. The minimum Gasteiger partial charge on any atom is -0.489 e. The van der Waals surface area contributed by atoms with E-state index >= 15 is 0 Å². The van der Waals surface area contributed by atoms with Crippen molar-refractivity contribution in [3.05, 3.63) is 60.2 Å². The molecule has 4 heteroatoms. The van der Waals surface area contributed by atoms with Gasteiger partial charge in [0.1, 0.15) is 12.4 Å². The van der Waals surface area contributed by atoms with Crippen molar-refractivity contribution < 1.29 is 14.8 Å². The summed E-state index contributed by atoms with van der Waals surface area (Å²) >= 11 is 0. The molecular weight excluding hydrogens is 263 g/mol. The first-order valence-corrected chi connectivity index (χ1v) is 7.11. The third kappa shape index (κ3) is 3.02. The predicted molar refractivity (Wildman–Crippen MR) is 85.7 cm³/mol. The molecule has 2 aromatic carbocycles. The molecule has 1 aliphatic rings. The fourth-order valence-electron chi connectivity index (χ4n) is 2.60. The lowest BCUT2D eigenvalue weighted by atomic mass is 9.77. The molecule has 0 saturated carbocycles. The first-order valence-electron chi connectivity index (χ1n) is 7.11. The van der Waals surface area contributed by atoms with Crippen molar-refractivity contribution in [2.24, 2.45) is 0 Å². The molecule has 21 heavy (non-hydrogen) atoms. The van der Waals surface area contributed by atoms with E-state index in [0.29, 0.717) is 12.1 Å². The van der Waals surface area contributed by atoms with Gasteiger partial charge in [0.05, 0.1) is 0 Å². The monoisotopic (exact) mass is 280 g/mol. The van der Waals surface area contributed by atoms with Crippen LogP contribution < -0.4 is 10.2 Å². The lowest BCUT2D eigenvalue weighted by Crippen LogP contribution is -2.30. The van der Waals surface area contributed by atoms with E-state index in [-0.39, 0.29) is 0 Å². The predicted octanol–water partition coefficient (Wildman–Crippen LogP) is 2.17. The van der Waals surface area contributed by atoms with Gasteiger partial charge in [0.2, 0.25) is 0 Å². The zero-order valence-electron chi connectivity index (χ0n) is 11.7. The van der Waals surface area contributed by atoms with Crippen molar-refractivity contribution >= 4 is 23.4 Å². The summed E-state index contributed by atoms with van der Waals surface area (Å²) in [5.41, 5.74) is 1.77. The lowest BCUT2D eigenvalue weighted by molar-refractivity contribution is 0.351. The molecule has 0 unspecified atom stereocenters. The van der Waals surface area contributed by atoms with E-state index in [1.807, 2.05) is 30.3 Å². The Morgan fingerprint density at radius 2 is 1.86 bits per heavy atom. The Hall–Kier alpha value is -2.04.